The van der Waals surface area contributed by atoms with Gasteiger partial charge < -0.3 is 44.2 Å². The Labute approximate surface area is 320 Å². The highest BCUT2D eigenvalue weighted by Crippen LogP contribution is 2.34. The smallest absolute Gasteiger partial charge is 0.407 e. The number of carbonyl (C=O) groups excluding carboxylic acids is 1. The van der Waals surface area contributed by atoms with Crippen LogP contribution in [0.2, 0.25) is 0 Å². The summed E-state index contributed by atoms with van der Waals surface area (Å²) >= 11 is 0. The molecule has 15 nitrogen and oxygen atoms in total. The first-order valence-corrected chi connectivity index (χ1v) is 19.7. The molecule has 0 spiro atoms. The molecule has 5 atom stereocenters. The van der Waals surface area contributed by atoms with Gasteiger partial charge in [-0.2, -0.15) is 4.31 Å². The number of nitrogens with zero attached hydrogens (tertiary/aromatic N) is 3. The van der Waals surface area contributed by atoms with Gasteiger partial charge in [0.25, 0.3) is 0 Å². The second-order valence-electron chi connectivity index (χ2n) is 14.2. The zero-order chi connectivity index (χ0) is 39.3. The van der Waals surface area contributed by atoms with Crippen molar-refractivity contribution in [1.82, 2.24) is 19.6 Å². The highest BCUT2D eigenvalue weighted by Gasteiger charge is 2.44. The minimum absolute atomic E-state index is 0.0443. The Kier molecular flexibility index (Phi) is 12.6. The van der Waals surface area contributed by atoms with E-state index in [-0.39, 0.29) is 55.3 Å². The minimum atomic E-state index is -4.22. The quantitative estimate of drug-likeness (QED) is 0.118. The molecule has 0 saturated carbocycles. The number of aromatic nitrogens is 2. The SMILES string of the molecule is COc1cnc(CN=Cc2c(O)[nH]c3ccc(S(=O)(=O)N(CC(C)C)C[C@@H](O)[C@H](Cc4ccccc4)NC(=O)O[C@H]4COC5OCCC54)cc23)c(OC)c1C. The Hall–Kier alpha value is -4.74. The normalized spacial score (nSPS) is 19.6. The standard InChI is InChI=1S/C39H49N5O10S/c1-23(2)20-44(21-33(45)31(15-25-9-7-6-8-10-25)43-39(47)54-35-22-53-38-27(35)13-14-52-38)55(48,49)26-11-12-30-28(16-26)29(37(46)42-30)17-40-18-32-36(51-5)24(3)34(50-4)19-41-32/h6-12,16-17,19,23,27,31,33,35,38,42,45-46H,13-15,18,20-22H2,1-5H3,(H,43,47)/t27?,31-,33+,35-,38?/m0/s1. The number of aliphatic imine (C=N–C) groups is 1. The summed E-state index contributed by atoms with van der Waals surface area (Å²) in [5.74, 6) is 0.741. The summed E-state index contributed by atoms with van der Waals surface area (Å²) in [5.41, 5.74) is 2.95. The molecule has 296 valence electrons. The number of aliphatic hydroxyl groups is 1. The lowest BCUT2D eigenvalue weighted by atomic mass is 10.0. The zero-order valence-corrected chi connectivity index (χ0v) is 32.4. The third kappa shape index (κ3) is 9.05. The van der Waals surface area contributed by atoms with E-state index >= 15 is 0 Å². The van der Waals surface area contributed by atoms with Gasteiger partial charge in [0.15, 0.2) is 12.2 Å². The molecule has 2 aromatic carbocycles. The third-order valence-corrected chi connectivity index (χ3v) is 11.7. The lowest BCUT2D eigenvalue weighted by Crippen LogP contribution is -2.51. The zero-order valence-electron chi connectivity index (χ0n) is 31.6. The number of carbonyl (C=O) groups is 1. The fourth-order valence-corrected chi connectivity index (χ4v) is 8.73. The molecule has 2 aliphatic rings. The van der Waals surface area contributed by atoms with Crippen LogP contribution in [0, 0.1) is 18.8 Å². The molecule has 0 bridgehead atoms. The van der Waals surface area contributed by atoms with E-state index in [1.165, 1.54) is 29.8 Å². The van der Waals surface area contributed by atoms with Gasteiger partial charge in [-0.05, 0) is 49.4 Å². The number of H-pyrrole nitrogens is 1. The van der Waals surface area contributed by atoms with Crippen molar-refractivity contribution >= 4 is 33.2 Å². The van der Waals surface area contributed by atoms with E-state index in [0.29, 0.717) is 46.7 Å². The average Bonchev–Trinajstić information content (AvgIpc) is 3.87. The van der Waals surface area contributed by atoms with Crippen molar-refractivity contribution in [2.75, 3.05) is 40.5 Å². The summed E-state index contributed by atoms with van der Waals surface area (Å²) < 4.78 is 57.8. The molecule has 55 heavy (non-hydrogen) atoms. The third-order valence-electron chi connectivity index (χ3n) is 9.89. The van der Waals surface area contributed by atoms with Crippen LogP contribution in [0.4, 0.5) is 4.79 Å². The van der Waals surface area contributed by atoms with Crippen LogP contribution in [0.5, 0.6) is 17.4 Å². The summed E-state index contributed by atoms with van der Waals surface area (Å²) in [6.07, 6.45) is 1.01. The van der Waals surface area contributed by atoms with Crippen molar-refractivity contribution in [2.45, 2.75) is 69.6 Å². The molecule has 4 aromatic rings. The van der Waals surface area contributed by atoms with Crippen LogP contribution < -0.4 is 14.8 Å². The molecule has 2 aromatic heterocycles. The van der Waals surface area contributed by atoms with E-state index in [1.807, 2.05) is 51.1 Å². The maximum Gasteiger partial charge on any atom is 0.407 e. The number of aromatic hydroxyl groups is 1. The maximum atomic E-state index is 14.4. The van der Waals surface area contributed by atoms with Crippen molar-refractivity contribution in [2.24, 2.45) is 16.8 Å². The van der Waals surface area contributed by atoms with Gasteiger partial charge in [-0.15, -0.1) is 0 Å². The van der Waals surface area contributed by atoms with Crippen LogP contribution in [-0.2, 0) is 37.2 Å². The molecule has 16 heteroatoms. The summed E-state index contributed by atoms with van der Waals surface area (Å²) in [5, 5.41) is 25.8. The number of ether oxygens (including phenoxy) is 5. The van der Waals surface area contributed by atoms with Crippen LogP contribution in [0.3, 0.4) is 0 Å². The summed E-state index contributed by atoms with van der Waals surface area (Å²) in [6, 6.07) is 12.9. The Bertz CT molecular complexity index is 2090. The predicted octanol–water partition coefficient (Wildman–Crippen LogP) is 4.32. The molecule has 2 unspecified atom stereocenters. The van der Waals surface area contributed by atoms with Crippen molar-refractivity contribution in [3.05, 3.63) is 77.1 Å². The number of hydrogen-bond acceptors (Lipinski definition) is 12. The molecule has 4 N–H and O–H groups in total. The molecular formula is C39H49N5O10S. The lowest BCUT2D eigenvalue weighted by Gasteiger charge is -2.31. The van der Waals surface area contributed by atoms with Gasteiger partial charge in [0.1, 0.15) is 23.3 Å². The van der Waals surface area contributed by atoms with Gasteiger partial charge in [0, 0.05) is 35.8 Å². The first kappa shape index (κ1) is 39.9. The molecule has 2 saturated heterocycles. The summed E-state index contributed by atoms with van der Waals surface area (Å²) in [4.78, 5) is 25.0. The Morgan fingerprint density at radius 3 is 2.65 bits per heavy atom. The highest BCUT2D eigenvalue weighted by molar-refractivity contribution is 7.89. The second kappa shape index (κ2) is 17.4. The maximum absolute atomic E-state index is 14.4. The number of pyridine rings is 1. The van der Waals surface area contributed by atoms with Crippen LogP contribution in [0.15, 0.2) is 64.6 Å². The van der Waals surface area contributed by atoms with E-state index in [4.69, 9.17) is 23.7 Å². The van der Waals surface area contributed by atoms with E-state index in [1.54, 1.807) is 19.4 Å². The number of sulfonamides is 1. The molecule has 6 rings (SSSR count). The largest absolute Gasteiger partial charge is 0.495 e. The Morgan fingerprint density at radius 1 is 1.15 bits per heavy atom. The lowest BCUT2D eigenvalue weighted by molar-refractivity contribution is -0.0907. The number of nitrogens with one attached hydrogen (secondary N) is 2. The van der Waals surface area contributed by atoms with E-state index in [0.717, 1.165) is 11.1 Å². The van der Waals surface area contributed by atoms with Gasteiger partial charge in [0.2, 0.25) is 10.0 Å². The van der Waals surface area contributed by atoms with E-state index in [2.05, 4.69) is 20.3 Å². The molecular weight excluding hydrogens is 731 g/mol. The Balaban J connectivity index is 1.23. The van der Waals surface area contributed by atoms with E-state index < -0.39 is 40.7 Å². The van der Waals surface area contributed by atoms with Gasteiger partial charge >= 0.3 is 6.09 Å². The number of aliphatic hydroxyl groups excluding tert-OH is 1. The minimum Gasteiger partial charge on any atom is -0.495 e. The van der Waals surface area contributed by atoms with Crippen LogP contribution in [-0.4, -0.2) is 110 Å². The number of hydrogen-bond donors (Lipinski definition) is 4. The monoisotopic (exact) mass is 779 g/mol. The van der Waals surface area contributed by atoms with Gasteiger partial charge in [-0.25, -0.2) is 13.2 Å². The molecule has 1 amide bonds. The predicted molar refractivity (Wildman–Crippen MR) is 204 cm³/mol. The molecule has 4 heterocycles. The number of alkyl carbamates (subject to hydrolysis) is 1. The first-order valence-electron chi connectivity index (χ1n) is 18.2. The first-order chi connectivity index (χ1) is 26.4. The van der Waals surface area contributed by atoms with Gasteiger partial charge in [-0.1, -0.05) is 44.2 Å². The number of amides is 1. The van der Waals surface area contributed by atoms with E-state index in [9.17, 15) is 23.4 Å². The number of methoxy groups -OCH3 is 2. The average molecular weight is 780 g/mol. The summed E-state index contributed by atoms with van der Waals surface area (Å²) in [7, 11) is -1.13. The van der Waals surface area contributed by atoms with Crippen molar-refractivity contribution in [3.63, 3.8) is 0 Å². The number of fused-ring (bicyclic) bond motifs is 2. The highest BCUT2D eigenvalue weighted by atomic mass is 32.2. The van der Waals surface area contributed by atoms with Gasteiger partial charge in [-0.3, -0.25) is 9.98 Å². The van der Waals surface area contributed by atoms with Crippen LogP contribution >= 0.6 is 0 Å². The topological polar surface area (TPSA) is 194 Å². The number of rotatable bonds is 16. The Morgan fingerprint density at radius 2 is 1.93 bits per heavy atom. The number of aromatic amines is 1. The summed E-state index contributed by atoms with van der Waals surface area (Å²) in [6.45, 7) is 6.24. The number of benzene rings is 2. The van der Waals surface area contributed by atoms with Crippen LogP contribution in [0.1, 0.15) is 42.7 Å². The van der Waals surface area contributed by atoms with Gasteiger partial charge in [0.05, 0.1) is 68.7 Å². The van der Waals surface area contributed by atoms with Crippen molar-refractivity contribution in [1.29, 1.82) is 0 Å². The van der Waals surface area contributed by atoms with Crippen molar-refractivity contribution < 1.29 is 47.1 Å². The second-order valence-corrected chi connectivity index (χ2v) is 16.1. The van der Waals surface area contributed by atoms with Crippen molar-refractivity contribution in [3.8, 4) is 17.4 Å². The van der Waals surface area contributed by atoms with Crippen LogP contribution in [0.25, 0.3) is 10.9 Å². The molecule has 0 aliphatic carbocycles. The molecule has 2 aliphatic heterocycles. The molecule has 2 fully saturated rings. The molecule has 0 radical (unpaired) electrons. The fraction of sp³-hybridized carbons (Fsp3) is 0.462. The fourth-order valence-electron chi connectivity index (χ4n) is 7.09.